The highest BCUT2D eigenvalue weighted by Gasteiger charge is 2.78. The van der Waals surface area contributed by atoms with Crippen molar-refractivity contribution in [2.24, 2.45) is 0 Å². The molecule has 0 spiro atoms. The number of allylic oxidation sites excluding steroid dienone is 2. The van der Waals surface area contributed by atoms with Gasteiger partial charge in [-0.1, -0.05) is 48.1 Å². The van der Waals surface area contributed by atoms with Crippen molar-refractivity contribution in [2.75, 3.05) is 33.7 Å². The fraction of sp³-hybridized carbons (Fsp3) is 0.333. The number of ether oxygens (including phenoxy) is 4. The maximum atomic E-state index is 12.9. The Labute approximate surface area is 232 Å². The summed E-state index contributed by atoms with van der Waals surface area (Å²) in [5.74, 6) is 0.127. The zero-order valence-electron chi connectivity index (χ0n) is 23.0. The molecule has 0 saturated heterocycles. The predicted molar refractivity (Wildman–Crippen MR) is 148 cm³/mol. The first-order valence-corrected chi connectivity index (χ1v) is 12.8. The van der Waals surface area contributed by atoms with E-state index in [-0.39, 0.29) is 23.2 Å². The zero-order chi connectivity index (χ0) is 28.7. The lowest BCUT2D eigenvalue weighted by atomic mass is 9.70. The molecule has 1 aliphatic heterocycles. The largest absolute Gasteiger partial charge is 0.497 e. The van der Waals surface area contributed by atoms with Crippen LogP contribution in [0, 0.1) is 0 Å². The van der Waals surface area contributed by atoms with Gasteiger partial charge in [0.25, 0.3) is 0 Å². The highest BCUT2D eigenvalue weighted by atomic mass is 16.5. The second-order valence-electron chi connectivity index (χ2n) is 9.62. The van der Waals surface area contributed by atoms with Crippen LogP contribution < -0.4 is 19.5 Å². The molecule has 1 aliphatic carbocycles. The van der Waals surface area contributed by atoms with Gasteiger partial charge in [0.2, 0.25) is 5.89 Å². The number of anilines is 1. The Morgan fingerprint density at radius 1 is 1.10 bits per heavy atom. The van der Waals surface area contributed by atoms with Gasteiger partial charge in [-0.25, -0.2) is 0 Å². The van der Waals surface area contributed by atoms with Gasteiger partial charge in [0.05, 0.1) is 32.8 Å². The molecule has 40 heavy (non-hydrogen) atoms. The lowest BCUT2D eigenvalue weighted by molar-refractivity contribution is -0.128. The van der Waals surface area contributed by atoms with Crippen molar-refractivity contribution in [1.29, 1.82) is 0 Å². The van der Waals surface area contributed by atoms with Crippen LogP contribution in [0.4, 0.5) is 6.01 Å². The molecule has 2 aliphatic rings. The van der Waals surface area contributed by atoms with Gasteiger partial charge in [-0.15, -0.1) is 5.10 Å². The van der Waals surface area contributed by atoms with E-state index in [4.69, 9.17) is 23.4 Å². The number of aliphatic hydroxyl groups is 2. The highest BCUT2D eigenvalue weighted by molar-refractivity contribution is 5.65. The van der Waals surface area contributed by atoms with Crippen molar-refractivity contribution in [3.8, 4) is 17.2 Å². The summed E-state index contributed by atoms with van der Waals surface area (Å²) in [4.78, 5) is 0. The molecule has 5 atom stereocenters. The summed E-state index contributed by atoms with van der Waals surface area (Å²) in [7, 11) is 6.22. The number of nitrogens with zero attached hydrogens (tertiary/aromatic N) is 2. The first-order chi connectivity index (χ1) is 19.3. The minimum Gasteiger partial charge on any atom is -0.497 e. The quantitative estimate of drug-likeness (QED) is 0.267. The Hall–Kier alpha value is -4.28. The molecule has 10 nitrogen and oxygen atoms in total. The summed E-state index contributed by atoms with van der Waals surface area (Å²) in [5.41, 5.74) is -2.29. The van der Waals surface area contributed by atoms with Crippen LogP contribution in [0.15, 0.2) is 83.0 Å². The number of fused-ring (bicyclic) bond motifs is 3. The second kappa shape index (κ2) is 10.4. The number of methoxy groups -OCH3 is 3. The summed E-state index contributed by atoms with van der Waals surface area (Å²) < 4.78 is 29.3. The lowest BCUT2D eigenvalue weighted by Crippen LogP contribution is -2.55. The van der Waals surface area contributed by atoms with E-state index in [1.807, 2.05) is 37.3 Å². The average molecular weight is 548 g/mol. The Kier molecular flexibility index (Phi) is 7.07. The smallest absolute Gasteiger partial charge is 0.315 e. The van der Waals surface area contributed by atoms with Gasteiger partial charge in [-0.2, -0.15) is 0 Å². The fourth-order valence-corrected chi connectivity index (χ4v) is 6.05. The number of hydrogen-bond donors (Lipinski definition) is 3. The van der Waals surface area contributed by atoms with Gasteiger partial charge in [0.15, 0.2) is 11.2 Å². The lowest BCUT2D eigenvalue weighted by Gasteiger charge is -2.41. The van der Waals surface area contributed by atoms with Gasteiger partial charge in [0.1, 0.15) is 29.1 Å². The Morgan fingerprint density at radius 2 is 1.85 bits per heavy atom. The van der Waals surface area contributed by atoms with E-state index in [2.05, 4.69) is 22.1 Å². The Balaban J connectivity index is 1.84. The van der Waals surface area contributed by atoms with Crippen LogP contribution in [-0.2, 0) is 10.3 Å². The topological polar surface area (TPSA) is 128 Å². The summed E-state index contributed by atoms with van der Waals surface area (Å²) in [5, 5.41) is 36.2. The second-order valence-corrected chi connectivity index (χ2v) is 9.62. The third kappa shape index (κ3) is 3.78. The van der Waals surface area contributed by atoms with Crippen molar-refractivity contribution in [3.05, 3.63) is 95.6 Å². The van der Waals surface area contributed by atoms with E-state index in [0.29, 0.717) is 22.8 Å². The molecule has 0 amide bonds. The molecule has 2 aromatic carbocycles. The Bertz CT molecular complexity index is 1470. The van der Waals surface area contributed by atoms with E-state index in [1.165, 1.54) is 14.2 Å². The third-order valence-electron chi connectivity index (χ3n) is 7.82. The normalized spacial score (nSPS) is 27.2. The molecule has 0 bridgehead atoms. The van der Waals surface area contributed by atoms with Gasteiger partial charge < -0.3 is 38.9 Å². The maximum absolute atomic E-state index is 12.9. The number of aliphatic hydroxyl groups excluding tert-OH is 1. The van der Waals surface area contributed by atoms with Crippen LogP contribution in [-0.4, -0.2) is 60.5 Å². The van der Waals surface area contributed by atoms with E-state index >= 15 is 0 Å². The first kappa shape index (κ1) is 27.3. The van der Waals surface area contributed by atoms with Crippen LogP contribution in [0.25, 0.3) is 0 Å². The van der Waals surface area contributed by atoms with Crippen molar-refractivity contribution >= 4 is 6.01 Å². The molecule has 2 heterocycles. The first-order valence-electron chi connectivity index (χ1n) is 12.8. The minimum atomic E-state index is -2.07. The minimum absolute atomic E-state index is 0.133. The van der Waals surface area contributed by atoms with Gasteiger partial charge in [0, 0.05) is 25.1 Å². The van der Waals surface area contributed by atoms with E-state index in [0.717, 1.165) is 5.56 Å². The summed E-state index contributed by atoms with van der Waals surface area (Å²) in [6, 6.07) is 12.9. The number of benzene rings is 2. The van der Waals surface area contributed by atoms with Crippen LogP contribution in [0.1, 0.15) is 35.8 Å². The molecule has 1 saturated carbocycles. The van der Waals surface area contributed by atoms with E-state index < -0.39 is 29.1 Å². The van der Waals surface area contributed by atoms with E-state index in [1.54, 1.807) is 44.5 Å². The molecule has 0 radical (unpaired) electrons. The Morgan fingerprint density at radius 3 is 2.45 bits per heavy atom. The van der Waals surface area contributed by atoms with Crippen molar-refractivity contribution in [2.45, 2.75) is 36.1 Å². The summed E-state index contributed by atoms with van der Waals surface area (Å²) in [6.07, 6.45) is 3.76. The molecule has 1 fully saturated rings. The molecule has 1 aromatic heterocycles. The number of nitrogens with one attached hydrogen (secondary N) is 1. The van der Waals surface area contributed by atoms with Gasteiger partial charge >= 0.3 is 6.01 Å². The summed E-state index contributed by atoms with van der Waals surface area (Å²) in [6.45, 7) is 6.22. The SMILES string of the molecule is C=C(/C=C\C(=C/C)OC)[C@@]12Oc3cc(OC)cc(OC)c3[C@]1(O)[C@H](O)[C@H](c1nnc(NC)o1)[C@H]2c1ccccc1. The molecular formula is C30H33N3O7. The number of aromatic nitrogens is 2. The van der Waals surface area contributed by atoms with Crippen molar-refractivity contribution < 1.29 is 33.6 Å². The fourth-order valence-electron chi connectivity index (χ4n) is 6.05. The molecular weight excluding hydrogens is 514 g/mol. The standard InChI is InChI=1S/C30H33N3O7/c1-7-19(36-4)14-13-17(2)30-24(18-11-9-8-10-12-18)23(27-32-33-28(31-3)39-27)26(34)29(30,35)25-21(38-6)15-20(37-5)16-22(25)40-30/h7-16,23-24,26,34-35H,2H2,1,3-6H3,(H,31,33)/b14-13-,19-7+/t23-,24-,26-,29+,30+/m1/s1. The molecule has 3 aromatic rings. The van der Waals surface area contributed by atoms with Gasteiger partial charge in [-0.05, 0) is 30.2 Å². The van der Waals surface area contributed by atoms with Crippen LogP contribution in [0.2, 0.25) is 0 Å². The van der Waals surface area contributed by atoms with Crippen LogP contribution in [0.3, 0.4) is 0 Å². The number of rotatable bonds is 9. The van der Waals surface area contributed by atoms with Gasteiger partial charge in [-0.3, -0.25) is 0 Å². The average Bonchev–Trinajstić information content (AvgIpc) is 3.62. The third-order valence-corrected chi connectivity index (χ3v) is 7.82. The zero-order valence-corrected chi connectivity index (χ0v) is 23.0. The molecule has 5 rings (SSSR count). The molecule has 10 heteroatoms. The van der Waals surface area contributed by atoms with Crippen LogP contribution >= 0.6 is 0 Å². The number of hydrogen-bond acceptors (Lipinski definition) is 10. The summed E-state index contributed by atoms with van der Waals surface area (Å²) >= 11 is 0. The van der Waals surface area contributed by atoms with Crippen molar-refractivity contribution in [3.63, 3.8) is 0 Å². The molecule has 3 N–H and O–H groups in total. The molecule has 0 unspecified atom stereocenters. The van der Waals surface area contributed by atoms with Crippen LogP contribution in [0.5, 0.6) is 17.2 Å². The molecule has 210 valence electrons. The predicted octanol–water partition coefficient (Wildman–Crippen LogP) is 4.05. The highest BCUT2D eigenvalue weighted by Crippen LogP contribution is 2.70. The van der Waals surface area contributed by atoms with E-state index in [9.17, 15) is 10.2 Å². The maximum Gasteiger partial charge on any atom is 0.315 e. The monoisotopic (exact) mass is 547 g/mol. The van der Waals surface area contributed by atoms with Crippen molar-refractivity contribution in [1.82, 2.24) is 10.2 Å².